The molecule has 0 radical (unpaired) electrons. The lowest BCUT2D eigenvalue weighted by molar-refractivity contribution is -0.115. The minimum absolute atomic E-state index is 0.120. The molecule has 3 heterocycles. The number of amides is 1. The van der Waals surface area contributed by atoms with Crippen molar-refractivity contribution >= 4 is 33.7 Å². The Labute approximate surface area is 171 Å². The Morgan fingerprint density at radius 3 is 2.64 bits per heavy atom. The second-order valence-corrected chi connectivity index (χ2v) is 7.92. The van der Waals surface area contributed by atoms with E-state index in [9.17, 15) is 4.79 Å². The maximum atomic E-state index is 12.4. The van der Waals surface area contributed by atoms with Crippen molar-refractivity contribution in [3.05, 3.63) is 70.8 Å². The fourth-order valence-electron chi connectivity index (χ4n) is 2.71. The third-order valence-corrected chi connectivity index (χ3v) is 5.91. The molecular weight excluding hydrogens is 388 g/mol. The van der Waals surface area contributed by atoms with E-state index >= 15 is 0 Å². The second-order valence-electron chi connectivity index (χ2n) is 6.20. The first-order valence-electron chi connectivity index (χ1n) is 8.91. The van der Waals surface area contributed by atoms with Crippen LogP contribution in [0.3, 0.4) is 0 Å². The van der Waals surface area contributed by atoms with E-state index in [2.05, 4.69) is 51.5 Å². The molecule has 140 valence electrons. The van der Waals surface area contributed by atoms with Crippen LogP contribution in [0.4, 0.5) is 5.13 Å². The SMILES string of the molecule is CCc1ccc(-c2csc(NC(=O)Cc3csc(-c4cccnc4)n3)n2)cc1. The molecule has 5 nitrogen and oxygen atoms in total. The number of carbonyl (C=O) groups is 1. The van der Waals surface area contributed by atoms with Gasteiger partial charge in [-0.15, -0.1) is 22.7 Å². The number of thiazole rings is 2. The zero-order chi connectivity index (χ0) is 19.3. The van der Waals surface area contributed by atoms with E-state index < -0.39 is 0 Å². The van der Waals surface area contributed by atoms with Crippen molar-refractivity contribution in [1.82, 2.24) is 15.0 Å². The number of hydrogen-bond donors (Lipinski definition) is 1. The molecule has 0 fully saturated rings. The van der Waals surface area contributed by atoms with Gasteiger partial charge in [0.05, 0.1) is 17.8 Å². The van der Waals surface area contributed by atoms with E-state index in [-0.39, 0.29) is 12.3 Å². The number of rotatable bonds is 6. The normalized spacial score (nSPS) is 10.8. The third kappa shape index (κ3) is 4.32. The number of nitrogens with zero attached hydrogens (tertiary/aromatic N) is 3. The monoisotopic (exact) mass is 406 g/mol. The smallest absolute Gasteiger partial charge is 0.232 e. The molecule has 0 unspecified atom stereocenters. The lowest BCUT2D eigenvalue weighted by Gasteiger charge is -2.00. The third-order valence-electron chi connectivity index (χ3n) is 4.21. The van der Waals surface area contributed by atoms with Gasteiger partial charge in [0.25, 0.3) is 0 Å². The quantitative estimate of drug-likeness (QED) is 0.485. The van der Waals surface area contributed by atoms with Crippen LogP contribution in [0.15, 0.2) is 59.6 Å². The van der Waals surface area contributed by atoms with Crippen LogP contribution in [0.2, 0.25) is 0 Å². The zero-order valence-corrected chi connectivity index (χ0v) is 16.9. The first-order chi connectivity index (χ1) is 13.7. The second kappa shape index (κ2) is 8.41. The molecule has 0 spiro atoms. The molecule has 28 heavy (non-hydrogen) atoms. The molecule has 1 amide bonds. The molecule has 3 aromatic heterocycles. The van der Waals surface area contributed by atoms with E-state index in [1.807, 2.05) is 22.9 Å². The number of aryl methyl sites for hydroxylation is 1. The van der Waals surface area contributed by atoms with Crippen molar-refractivity contribution in [3.63, 3.8) is 0 Å². The van der Waals surface area contributed by atoms with Crippen LogP contribution in [0.25, 0.3) is 21.8 Å². The topological polar surface area (TPSA) is 67.8 Å². The highest BCUT2D eigenvalue weighted by molar-refractivity contribution is 7.14. The van der Waals surface area contributed by atoms with Crippen LogP contribution >= 0.6 is 22.7 Å². The fourth-order valence-corrected chi connectivity index (χ4v) is 4.26. The van der Waals surface area contributed by atoms with Crippen molar-refractivity contribution in [3.8, 4) is 21.8 Å². The van der Waals surface area contributed by atoms with Gasteiger partial charge in [-0.3, -0.25) is 9.78 Å². The largest absolute Gasteiger partial charge is 0.302 e. The van der Waals surface area contributed by atoms with E-state index in [1.165, 1.54) is 28.2 Å². The van der Waals surface area contributed by atoms with Crippen molar-refractivity contribution in [2.45, 2.75) is 19.8 Å². The molecule has 4 aromatic rings. The van der Waals surface area contributed by atoms with Crippen LogP contribution < -0.4 is 5.32 Å². The summed E-state index contributed by atoms with van der Waals surface area (Å²) in [6.45, 7) is 2.13. The van der Waals surface area contributed by atoms with Crippen LogP contribution in [-0.2, 0) is 17.6 Å². The van der Waals surface area contributed by atoms with Gasteiger partial charge in [-0.1, -0.05) is 31.2 Å². The molecule has 0 atom stereocenters. The minimum atomic E-state index is -0.120. The zero-order valence-electron chi connectivity index (χ0n) is 15.3. The van der Waals surface area contributed by atoms with E-state index in [0.717, 1.165) is 33.9 Å². The Balaban J connectivity index is 1.39. The van der Waals surface area contributed by atoms with Crippen LogP contribution in [0, 0.1) is 0 Å². The Bertz CT molecular complexity index is 1070. The Morgan fingerprint density at radius 2 is 1.89 bits per heavy atom. The van der Waals surface area contributed by atoms with Gasteiger partial charge in [-0.05, 0) is 24.1 Å². The molecule has 0 saturated heterocycles. The number of carbonyl (C=O) groups excluding carboxylic acids is 1. The highest BCUT2D eigenvalue weighted by Crippen LogP contribution is 2.26. The van der Waals surface area contributed by atoms with E-state index in [4.69, 9.17) is 0 Å². The maximum absolute atomic E-state index is 12.4. The van der Waals surface area contributed by atoms with Crippen molar-refractivity contribution in [2.24, 2.45) is 0 Å². The molecule has 1 N–H and O–H groups in total. The van der Waals surface area contributed by atoms with Crippen LogP contribution in [0.1, 0.15) is 18.2 Å². The summed E-state index contributed by atoms with van der Waals surface area (Å²) in [5.74, 6) is -0.120. The summed E-state index contributed by atoms with van der Waals surface area (Å²) in [5.41, 5.74) is 4.91. The summed E-state index contributed by atoms with van der Waals surface area (Å²) in [7, 11) is 0. The van der Waals surface area contributed by atoms with Crippen molar-refractivity contribution in [2.75, 3.05) is 5.32 Å². The number of pyridine rings is 1. The van der Waals surface area contributed by atoms with Gasteiger partial charge >= 0.3 is 0 Å². The average Bonchev–Trinajstić information content (AvgIpc) is 3.38. The number of nitrogens with one attached hydrogen (secondary N) is 1. The Morgan fingerprint density at radius 1 is 1.04 bits per heavy atom. The average molecular weight is 407 g/mol. The standard InChI is InChI=1S/C21H18N4OS2/c1-2-14-5-7-15(8-6-14)18-13-28-21(24-18)25-19(26)10-17-12-27-20(23-17)16-4-3-9-22-11-16/h3-9,11-13H,2,10H2,1H3,(H,24,25,26). The van der Waals surface area contributed by atoms with Crippen LogP contribution in [-0.4, -0.2) is 20.9 Å². The highest BCUT2D eigenvalue weighted by atomic mass is 32.1. The molecule has 7 heteroatoms. The van der Waals surface area contributed by atoms with Crippen molar-refractivity contribution < 1.29 is 4.79 Å². The fraction of sp³-hybridized carbons (Fsp3) is 0.143. The summed E-state index contributed by atoms with van der Waals surface area (Å²) < 4.78 is 0. The first-order valence-corrected chi connectivity index (χ1v) is 10.7. The van der Waals surface area contributed by atoms with Gasteiger partial charge in [0.2, 0.25) is 5.91 Å². The summed E-state index contributed by atoms with van der Waals surface area (Å²) in [6, 6.07) is 12.2. The first kappa shape index (κ1) is 18.5. The molecular formula is C21H18N4OS2. The molecule has 0 aliphatic heterocycles. The van der Waals surface area contributed by atoms with E-state index in [0.29, 0.717) is 5.13 Å². The molecule has 4 rings (SSSR count). The van der Waals surface area contributed by atoms with Crippen LogP contribution in [0.5, 0.6) is 0 Å². The minimum Gasteiger partial charge on any atom is -0.302 e. The summed E-state index contributed by atoms with van der Waals surface area (Å²) >= 11 is 2.94. The van der Waals surface area contributed by atoms with Gasteiger partial charge in [0.15, 0.2) is 5.13 Å². The van der Waals surface area contributed by atoms with Gasteiger partial charge in [0.1, 0.15) is 5.01 Å². The number of hydrogen-bond acceptors (Lipinski definition) is 6. The van der Waals surface area contributed by atoms with E-state index in [1.54, 1.807) is 12.4 Å². The summed E-state index contributed by atoms with van der Waals surface area (Å²) in [6.07, 6.45) is 4.73. The molecule has 0 aliphatic carbocycles. The molecule has 0 aliphatic rings. The van der Waals surface area contributed by atoms with Gasteiger partial charge in [-0.2, -0.15) is 0 Å². The number of aromatic nitrogens is 3. The lowest BCUT2D eigenvalue weighted by atomic mass is 10.1. The maximum Gasteiger partial charge on any atom is 0.232 e. The number of anilines is 1. The number of benzene rings is 1. The Hall–Kier alpha value is -2.90. The predicted molar refractivity (Wildman–Crippen MR) is 115 cm³/mol. The highest BCUT2D eigenvalue weighted by Gasteiger charge is 2.12. The van der Waals surface area contributed by atoms with Gasteiger partial charge < -0.3 is 5.32 Å². The molecule has 1 aromatic carbocycles. The van der Waals surface area contributed by atoms with Crippen molar-refractivity contribution in [1.29, 1.82) is 0 Å². The Kier molecular flexibility index (Phi) is 5.55. The lowest BCUT2D eigenvalue weighted by Crippen LogP contribution is -2.14. The summed E-state index contributed by atoms with van der Waals surface area (Å²) in [4.78, 5) is 25.5. The van der Waals surface area contributed by atoms with Gasteiger partial charge in [0, 0.05) is 34.3 Å². The molecule has 0 saturated carbocycles. The summed E-state index contributed by atoms with van der Waals surface area (Å²) in [5, 5.41) is 8.20. The van der Waals surface area contributed by atoms with Gasteiger partial charge in [-0.25, -0.2) is 9.97 Å². The predicted octanol–water partition coefficient (Wildman–Crippen LogP) is 5.07. The molecule has 0 bridgehead atoms.